The molecule has 0 atom stereocenters. The molecule has 0 amide bonds. The quantitative estimate of drug-likeness (QED) is 0.581. The highest BCUT2D eigenvalue weighted by Crippen LogP contribution is 2.14. The summed E-state index contributed by atoms with van der Waals surface area (Å²) in [4.78, 5) is 11.9. The lowest BCUT2D eigenvalue weighted by molar-refractivity contribution is -0.672. The van der Waals surface area contributed by atoms with E-state index in [0.29, 0.717) is 5.69 Å². The van der Waals surface area contributed by atoms with Crippen LogP contribution >= 0.6 is 0 Å². The van der Waals surface area contributed by atoms with Crippen LogP contribution in [0.15, 0.2) is 34.9 Å². The summed E-state index contributed by atoms with van der Waals surface area (Å²) >= 11 is 0. The molecule has 0 saturated heterocycles. The summed E-state index contributed by atoms with van der Waals surface area (Å²) in [7, 11) is 0. The Morgan fingerprint density at radius 2 is 2.00 bits per heavy atom. The van der Waals surface area contributed by atoms with Crippen LogP contribution in [-0.4, -0.2) is 11.1 Å². The number of ketones is 1. The van der Waals surface area contributed by atoms with Crippen molar-refractivity contribution in [3.63, 3.8) is 0 Å². The van der Waals surface area contributed by atoms with Crippen molar-refractivity contribution in [3.8, 4) is 11.6 Å². The average Bonchev–Trinajstić information content (AvgIpc) is 2.71. The van der Waals surface area contributed by atoms with E-state index in [9.17, 15) is 9.90 Å². The van der Waals surface area contributed by atoms with Crippen LogP contribution in [0.5, 0.6) is 5.95 Å². The van der Waals surface area contributed by atoms with Crippen molar-refractivity contribution in [1.29, 1.82) is 0 Å². The largest absolute Gasteiger partial charge is 0.539 e. The molecule has 0 radical (unpaired) electrons. The second-order valence-corrected chi connectivity index (χ2v) is 3.98. The lowest BCUT2D eigenvalue weighted by Crippen LogP contribution is -2.40. The van der Waals surface area contributed by atoms with Crippen molar-refractivity contribution in [2.45, 2.75) is 13.8 Å². The SMILES string of the molecule is CC(C)C(=O)c1c([O-])on[n+]1-c1ccccc1. The fourth-order valence-corrected chi connectivity index (χ4v) is 1.47. The monoisotopic (exact) mass is 232 g/mol. The Hall–Kier alpha value is -2.17. The fraction of sp³-hybridized carbons (Fsp3) is 0.250. The highest BCUT2D eigenvalue weighted by Gasteiger charge is 2.28. The molecule has 5 nitrogen and oxygen atoms in total. The molecule has 0 bridgehead atoms. The average molecular weight is 232 g/mol. The van der Waals surface area contributed by atoms with Gasteiger partial charge in [-0.3, -0.25) is 4.79 Å². The first-order valence-corrected chi connectivity index (χ1v) is 5.30. The maximum absolute atomic E-state index is 11.9. The van der Waals surface area contributed by atoms with E-state index in [-0.39, 0.29) is 17.4 Å². The van der Waals surface area contributed by atoms with Gasteiger partial charge in [0.15, 0.2) is 5.95 Å². The van der Waals surface area contributed by atoms with E-state index in [0.717, 1.165) is 0 Å². The predicted molar refractivity (Wildman–Crippen MR) is 56.6 cm³/mol. The third-order valence-corrected chi connectivity index (χ3v) is 2.37. The van der Waals surface area contributed by atoms with Gasteiger partial charge in [0.05, 0.1) is 5.27 Å². The summed E-state index contributed by atoms with van der Waals surface area (Å²) in [5.74, 6) is -1.26. The Bertz CT molecular complexity index is 532. The molecule has 88 valence electrons. The molecule has 1 aromatic carbocycles. The molecule has 0 spiro atoms. The predicted octanol–water partition coefficient (Wildman–Crippen LogP) is 0.864. The number of hydrogen-bond acceptors (Lipinski definition) is 4. The van der Waals surface area contributed by atoms with Crippen molar-refractivity contribution < 1.29 is 19.1 Å². The Balaban J connectivity index is 2.54. The molecule has 0 saturated carbocycles. The van der Waals surface area contributed by atoms with Crippen molar-refractivity contribution in [2.75, 3.05) is 0 Å². The summed E-state index contributed by atoms with van der Waals surface area (Å²) in [6.07, 6.45) is 0. The third kappa shape index (κ3) is 2.04. The number of nitrogens with zero attached hydrogens (tertiary/aromatic N) is 2. The molecule has 17 heavy (non-hydrogen) atoms. The number of carbonyl (C=O) groups excluding carboxylic acids is 1. The van der Waals surface area contributed by atoms with Crippen LogP contribution < -0.4 is 9.79 Å². The molecule has 2 aromatic rings. The van der Waals surface area contributed by atoms with Gasteiger partial charge in [-0.15, -0.1) is 0 Å². The van der Waals surface area contributed by atoms with Gasteiger partial charge in [0.25, 0.3) is 0 Å². The highest BCUT2D eigenvalue weighted by atomic mass is 16.6. The van der Waals surface area contributed by atoms with Gasteiger partial charge in [-0.05, 0) is 4.68 Å². The standard InChI is InChI=1S/C12H12N2O3/c1-8(2)11(15)10-12(16)17-13-14(10)9-6-4-3-5-7-9/h3-8H,1-2H3. The smallest absolute Gasteiger partial charge is 0.306 e. The van der Waals surface area contributed by atoms with Crippen LogP contribution in [0.1, 0.15) is 24.3 Å². The maximum Gasteiger partial charge on any atom is 0.306 e. The molecule has 0 aliphatic carbocycles. The van der Waals surface area contributed by atoms with E-state index >= 15 is 0 Å². The van der Waals surface area contributed by atoms with Gasteiger partial charge in [0.1, 0.15) is 0 Å². The first kappa shape index (κ1) is 11.3. The normalized spacial score (nSPS) is 10.8. The Kier molecular flexibility index (Phi) is 2.91. The van der Waals surface area contributed by atoms with Crippen LogP contribution in [0, 0.1) is 5.92 Å². The highest BCUT2D eigenvalue weighted by molar-refractivity contribution is 5.95. The number of Topliss-reactive ketones (excluding diaryl/α,β-unsaturated/α-hetero) is 1. The Labute approximate surface area is 98.3 Å². The summed E-state index contributed by atoms with van der Waals surface area (Å²) in [6.45, 7) is 3.45. The summed E-state index contributed by atoms with van der Waals surface area (Å²) < 4.78 is 5.80. The molecule has 0 unspecified atom stereocenters. The second kappa shape index (κ2) is 4.37. The van der Waals surface area contributed by atoms with Gasteiger partial charge in [0, 0.05) is 18.1 Å². The lowest BCUT2D eigenvalue weighted by atomic mass is 10.1. The zero-order valence-corrected chi connectivity index (χ0v) is 9.58. The Morgan fingerprint density at radius 3 is 2.59 bits per heavy atom. The number of aromatic nitrogens is 2. The first-order valence-electron chi connectivity index (χ1n) is 5.30. The fourth-order valence-electron chi connectivity index (χ4n) is 1.47. The van der Waals surface area contributed by atoms with Gasteiger partial charge in [0.2, 0.25) is 11.5 Å². The molecule has 5 heteroatoms. The number of rotatable bonds is 3. The summed E-state index contributed by atoms with van der Waals surface area (Å²) in [5, 5.41) is 15.1. The van der Waals surface area contributed by atoms with Gasteiger partial charge >= 0.3 is 5.69 Å². The summed E-state index contributed by atoms with van der Waals surface area (Å²) in [6, 6.07) is 8.93. The maximum atomic E-state index is 11.9. The van der Waals surface area contributed by atoms with E-state index in [1.807, 2.05) is 6.07 Å². The van der Waals surface area contributed by atoms with Crippen LogP contribution in [0.3, 0.4) is 0 Å². The van der Waals surface area contributed by atoms with E-state index in [4.69, 9.17) is 0 Å². The minimum atomic E-state index is -0.701. The minimum Gasteiger partial charge on any atom is -0.539 e. The van der Waals surface area contributed by atoms with Crippen LogP contribution in [0.2, 0.25) is 0 Å². The van der Waals surface area contributed by atoms with E-state index < -0.39 is 5.95 Å². The lowest BCUT2D eigenvalue weighted by Gasteiger charge is -2.00. The van der Waals surface area contributed by atoms with Gasteiger partial charge in [-0.25, -0.2) is 0 Å². The van der Waals surface area contributed by atoms with Crippen LogP contribution in [-0.2, 0) is 0 Å². The molecule has 1 aromatic heterocycles. The number of carbonyl (C=O) groups is 1. The van der Waals surface area contributed by atoms with Gasteiger partial charge in [-0.1, -0.05) is 32.0 Å². The zero-order valence-electron chi connectivity index (χ0n) is 9.58. The molecular formula is C12H12N2O3. The van der Waals surface area contributed by atoms with Gasteiger partial charge < -0.3 is 9.63 Å². The molecule has 1 heterocycles. The van der Waals surface area contributed by atoms with E-state index in [2.05, 4.69) is 9.79 Å². The third-order valence-electron chi connectivity index (χ3n) is 2.37. The topological polar surface area (TPSA) is 70.0 Å². The van der Waals surface area contributed by atoms with Crippen LogP contribution in [0.25, 0.3) is 5.69 Å². The van der Waals surface area contributed by atoms with Crippen molar-refractivity contribution in [3.05, 3.63) is 36.0 Å². The van der Waals surface area contributed by atoms with Crippen molar-refractivity contribution in [2.24, 2.45) is 5.92 Å². The molecule has 0 N–H and O–H groups in total. The number of hydrogen-bond donors (Lipinski definition) is 0. The minimum absolute atomic E-state index is 0.0359. The Morgan fingerprint density at radius 1 is 1.35 bits per heavy atom. The van der Waals surface area contributed by atoms with Crippen molar-refractivity contribution >= 4 is 5.78 Å². The molecule has 0 fully saturated rings. The van der Waals surface area contributed by atoms with Crippen molar-refractivity contribution in [1.82, 2.24) is 5.27 Å². The molecule has 0 aliphatic rings. The molecule has 2 rings (SSSR count). The first-order chi connectivity index (χ1) is 8.11. The number of para-hydroxylation sites is 1. The molecular weight excluding hydrogens is 220 g/mol. The van der Waals surface area contributed by atoms with Crippen LogP contribution in [0.4, 0.5) is 0 Å². The van der Waals surface area contributed by atoms with E-state index in [1.165, 1.54) is 4.68 Å². The second-order valence-electron chi connectivity index (χ2n) is 3.98. The zero-order chi connectivity index (χ0) is 12.4. The number of benzene rings is 1. The van der Waals surface area contributed by atoms with Gasteiger partial charge in [-0.2, -0.15) is 0 Å². The summed E-state index contributed by atoms with van der Waals surface area (Å²) in [5.41, 5.74) is 0.591. The molecule has 0 aliphatic heterocycles. The van der Waals surface area contributed by atoms with E-state index in [1.54, 1.807) is 38.1 Å².